The third-order valence-corrected chi connectivity index (χ3v) is 7.91. The molecule has 1 aliphatic heterocycles. The monoisotopic (exact) mass is 592 g/mol. The van der Waals surface area contributed by atoms with E-state index in [9.17, 15) is 14.3 Å². The SMILES string of the molecule is COC(=O)[C@@H](OC(C)(C)C)c1c(CO)nc(C)c(-c2ccc(OCCc3ccc(F)cc3)cc2)c1N1CCC(C)(C)CC1. The molecule has 4 rings (SSSR count). The Balaban J connectivity index is 1.76. The summed E-state index contributed by atoms with van der Waals surface area (Å²) in [4.78, 5) is 20.4. The molecule has 1 N–H and O–H groups in total. The Morgan fingerprint density at radius 1 is 1.07 bits per heavy atom. The Bertz CT molecular complexity index is 1390. The predicted octanol–water partition coefficient (Wildman–Crippen LogP) is 6.97. The molecule has 1 saturated heterocycles. The summed E-state index contributed by atoms with van der Waals surface area (Å²) in [5, 5.41) is 10.5. The number of carbonyl (C=O) groups excluding carboxylic acids is 1. The number of ether oxygens (including phenoxy) is 3. The number of esters is 1. The van der Waals surface area contributed by atoms with E-state index < -0.39 is 17.7 Å². The number of benzene rings is 2. The summed E-state index contributed by atoms with van der Waals surface area (Å²) >= 11 is 0. The molecule has 1 fully saturated rings. The van der Waals surface area contributed by atoms with E-state index in [0.29, 0.717) is 30.0 Å². The van der Waals surface area contributed by atoms with E-state index in [1.807, 2.05) is 52.0 Å². The van der Waals surface area contributed by atoms with Crippen LogP contribution in [0.5, 0.6) is 5.75 Å². The van der Waals surface area contributed by atoms with E-state index in [4.69, 9.17) is 19.2 Å². The van der Waals surface area contributed by atoms with E-state index in [2.05, 4.69) is 18.7 Å². The number of aliphatic hydroxyl groups is 1. The van der Waals surface area contributed by atoms with Crippen LogP contribution in [0.15, 0.2) is 48.5 Å². The van der Waals surface area contributed by atoms with Gasteiger partial charge in [-0.05, 0) is 81.3 Å². The van der Waals surface area contributed by atoms with Crippen LogP contribution >= 0.6 is 0 Å². The number of carbonyl (C=O) groups is 1. The summed E-state index contributed by atoms with van der Waals surface area (Å²) in [7, 11) is 1.35. The van der Waals surface area contributed by atoms with Crippen LogP contribution in [-0.4, -0.2) is 48.5 Å². The zero-order valence-electron chi connectivity index (χ0n) is 26.5. The van der Waals surface area contributed by atoms with Gasteiger partial charge in [0, 0.05) is 36.3 Å². The zero-order chi connectivity index (χ0) is 31.4. The summed E-state index contributed by atoms with van der Waals surface area (Å²) in [6.45, 7) is 13.8. The standard InChI is InChI=1S/C35H45FN2O5/c1-23-29(25-10-14-27(15-11-25)42-21-16-24-8-12-26(36)13-9-24)31(38-19-17-35(5,6)18-20-38)30(28(22-39)37-23)32(33(40)41-7)43-34(2,3)4/h8-15,32,39H,16-22H2,1-7H3/t32-/m0/s1. The summed E-state index contributed by atoms with van der Waals surface area (Å²) in [6.07, 6.45) is 1.55. The van der Waals surface area contributed by atoms with Crippen LogP contribution in [0, 0.1) is 18.2 Å². The third kappa shape index (κ3) is 8.12. The first-order valence-corrected chi connectivity index (χ1v) is 14.9. The van der Waals surface area contributed by atoms with Crippen molar-refractivity contribution in [1.29, 1.82) is 0 Å². The van der Waals surface area contributed by atoms with Crippen LogP contribution in [0.4, 0.5) is 10.1 Å². The number of pyridine rings is 1. The second-order valence-electron chi connectivity index (χ2n) is 13.0. The number of aryl methyl sites for hydroxylation is 1. The molecule has 0 unspecified atom stereocenters. The van der Waals surface area contributed by atoms with E-state index in [1.165, 1.54) is 19.2 Å². The molecular weight excluding hydrogens is 547 g/mol. The number of aliphatic hydroxyl groups excluding tert-OH is 1. The van der Waals surface area contributed by atoms with Crippen molar-refractivity contribution in [3.05, 3.63) is 76.9 Å². The summed E-state index contributed by atoms with van der Waals surface area (Å²) in [6, 6.07) is 14.3. The van der Waals surface area contributed by atoms with Gasteiger partial charge in [0.15, 0.2) is 6.10 Å². The Morgan fingerprint density at radius 2 is 1.70 bits per heavy atom. The highest BCUT2D eigenvalue weighted by Crippen LogP contribution is 2.45. The maximum Gasteiger partial charge on any atom is 0.339 e. The maximum atomic E-state index is 13.3. The topological polar surface area (TPSA) is 81.1 Å². The summed E-state index contributed by atoms with van der Waals surface area (Å²) in [5.74, 6) is -0.0751. The van der Waals surface area contributed by atoms with Crippen LogP contribution in [0.2, 0.25) is 0 Å². The van der Waals surface area contributed by atoms with E-state index >= 15 is 0 Å². The number of nitrogens with zero attached hydrogens (tertiary/aromatic N) is 2. The highest BCUT2D eigenvalue weighted by atomic mass is 19.1. The molecule has 0 spiro atoms. The van der Waals surface area contributed by atoms with Crippen molar-refractivity contribution in [2.45, 2.75) is 79.1 Å². The minimum Gasteiger partial charge on any atom is -0.493 e. The van der Waals surface area contributed by atoms with E-state index in [0.717, 1.165) is 54.0 Å². The van der Waals surface area contributed by atoms with Crippen molar-refractivity contribution in [3.8, 4) is 16.9 Å². The van der Waals surface area contributed by atoms with Crippen LogP contribution in [-0.2, 0) is 27.3 Å². The van der Waals surface area contributed by atoms with Crippen LogP contribution in [0.3, 0.4) is 0 Å². The fourth-order valence-corrected chi connectivity index (χ4v) is 5.51. The van der Waals surface area contributed by atoms with Crippen molar-refractivity contribution in [1.82, 2.24) is 4.98 Å². The quantitative estimate of drug-likeness (QED) is 0.255. The van der Waals surface area contributed by atoms with Gasteiger partial charge in [0.25, 0.3) is 0 Å². The molecule has 2 heterocycles. The molecule has 1 aliphatic rings. The molecule has 7 nitrogen and oxygen atoms in total. The number of halogens is 1. The molecule has 3 aromatic rings. The molecule has 1 aromatic heterocycles. The van der Waals surface area contributed by atoms with Crippen LogP contribution in [0.25, 0.3) is 11.1 Å². The summed E-state index contributed by atoms with van der Waals surface area (Å²) < 4.78 is 30.8. The number of aromatic nitrogens is 1. The van der Waals surface area contributed by atoms with Crippen LogP contribution in [0.1, 0.15) is 76.1 Å². The number of anilines is 1. The lowest BCUT2D eigenvalue weighted by Crippen LogP contribution is -2.39. The number of hydrogen-bond donors (Lipinski definition) is 1. The van der Waals surface area contributed by atoms with Crippen molar-refractivity contribution >= 4 is 11.7 Å². The Kier molecular flexibility index (Phi) is 10.1. The van der Waals surface area contributed by atoms with Gasteiger partial charge in [-0.25, -0.2) is 9.18 Å². The molecule has 232 valence electrons. The molecule has 0 amide bonds. The van der Waals surface area contributed by atoms with Crippen molar-refractivity contribution in [2.24, 2.45) is 5.41 Å². The molecule has 0 saturated carbocycles. The lowest BCUT2D eigenvalue weighted by atomic mass is 9.81. The molecule has 0 aliphatic carbocycles. The predicted molar refractivity (Wildman–Crippen MR) is 167 cm³/mol. The van der Waals surface area contributed by atoms with Gasteiger partial charge < -0.3 is 24.2 Å². The largest absolute Gasteiger partial charge is 0.493 e. The Labute approximate surface area is 255 Å². The van der Waals surface area contributed by atoms with Gasteiger partial charge >= 0.3 is 5.97 Å². The first-order chi connectivity index (χ1) is 20.3. The number of rotatable bonds is 10. The smallest absolute Gasteiger partial charge is 0.339 e. The first kappa shape index (κ1) is 32.4. The van der Waals surface area contributed by atoms with Gasteiger partial charge in [-0.3, -0.25) is 4.98 Å². The fraction of sp³-hybridized carbons (Fsp3) is 0.486. The minimum absolute atomic E-state index is 0.204. The first-order valence-electron chi connectivity index (χ1n) is 14.9. The zero-order valence-corrected chi connectivity index (χ0v) is 26.5. The molecule has 1 atom stereocenters. The summed E-state index contributed by atoms with van der Waals surface area (Å²) in [5.41, 5.74) is 4.89. The van der Waals surface area contributed by atoms with Gasteiger partial charge in [0.1, 0.15) is 11.6 Å². The van der Waals surface area contributed by atoms with E-state index in [-0.39, 0.29) is 17.8 Å². The average Bonchev–Trinajstić information content (AvgIpc) is 2.96. The van der Waals surface area contributed by atoms with Gasteiger partial charge in [0.05, 0.1) is 37.3 Å². The fourth-order valence-electron chi connectivity index (χ4n) is 5.51. The van der Waals surface area contributed by atoms with Crippen molar-refractivity contribution in [2.75, 3.05) is 31.7 Å². The number of piperidine rings is 1. The minimum atomic E-state index is -1.07. The van der Waals surface area contributed by atoms with Crippen LogP contribution < -0.4 is 9.64 Å². The molecule has 0 bridgehead atoms. The van der Waals surface area contributed by atoms with Crippen molar-refractivity contribution < 1.29 is 28.5 Å². The third-order valence-electron chi connectivity index (χ3n) is 7.91. The maximum absolute atomic E-state index is 13.3. The van der Waals surface area contributed by atoms with Gasteiger partial charge in [-0.1, -0.05) is 38.1 Å². The Hall–Kier alpha value is -3.49. The van der Waals surface area contributed by atoms with Crippen molar-refractivity contribution in [3.63, 3.8) is 0 Å². The second kappa shape index (κ2) is 13.4. The lowest BCUT2D eigenvalue weighted by molar-refractivity contribution is -0.164. The number of methoxy groups -OCH3 is 1. The lowest BCUT2D eigenvalue weighted by Gasteiger charge is -2.41. The second-order valence-corrected chi connectivity index (χ2v) is 13.0. The normalized spacial score (nSPS) is 15.7. The average molecular weight is 593 g/mol. The highest BCUT2D eigenvalue weighted by Gasteiger charge is 2.37. The van der Waals surface area contributed by atoms with Gasteiger partial charge in [0.2, 0.25) is 0 Å². The van der Waals surface area contributed by atoms with Gasteiger partial charge in [-0.2, -0.15) is 0 Å². The molecule has 0 radical (unpaired) electrons. The molecular formula is C35H45FN2O5. The van der Waals surface area contributed by atoms with Gasteiger partial charge in [-0.15, -0.1) is 0 Å². The Morgan fingerprint density at radius 3 is 2.26 bits per heavy atom. The molecule has 8 heteroatoms. The highest BCUT2D eigenvalue weighted by molar-refractivity contribution is 5.88. The number of hydrogen-bond acceptors (Lipinski definition) is 7. The van der Waals surface area contributed by atoms with E-state index in [1.54, 1.807) is 12.1 Å². The molecule has 43 heavy (non-hydrogen) atoms. The molecule has 2 aromatic carbocycles.